The molecule has 0 radical (unpaired) electrons. The summed E-state index contributed by atoms with van der Waals surface area (Å²) in [7, 11) is -3.71. The third kappa shape index (κ3) is 5.39. The number of hydrogen-bond acceptors (Lipinski definition) is 7. The second kappa shape index (κ2) is 11.9. The molecule has 0 aliphatic carbocycles. The van der Waals surface area contributed by atoms with Crippen LogP contribution in [0, 0.1) is 38.5 Å². The molecule has 1 aromatic rings. The monoisotopic (exact) mass is 579 g/mol. The van der Waals surface area contributed by atoms with E-state index in [1.54, 1.807) is 0 Å². The van der Waals surface area contributed by atoms with Gasteiger partial charge in [0.15, 0.2) is 5.60 Å². The highest BCUT2D eigenvalue weighted by molar-refractivity contribution is 7.50. The molecule has 1 unspecified atom stereocenters. The second-order valence-electron chi connectivity index (χ2n) is 13.7. The number of fused-ring (bicyclic) bond motifs is 1. The fourth-order valence-corrected chi connectivity index (χ4v) is 9.26. The average molecular weight is 580 g/mol. The molecule has 3 fully saturated rings. The average Bonchev–Trinajstić information content (AvgIpc) is 3.29. The zero-order chi connectivity index (χ0) is 29.5. The third-order valence-electron chi connectivity index (χ3n) is 9.96. The number of phenolic OH excluding ortho intramolecular Hbond substituents is 1. The van der Waals surface area contributed by atoms with Gasteiger partial charge in [0.1, 0.15) is 17.1 Å². The summed E-state index contributed by atoms with van der Waals surface area (Å²) < 4.78 is 38.7. The topological polar surface area (TPSA) is 100 Å². The molecular formula is C32H54NO6P. The lowest BCUT2D eigenvalue weighted by Crippen LogP contribution is -2.68. The van der Waals surface area contributed by atoms with Crippen LogP contribution in [0.3, 0.4) is 0 Å². The number of aromatic hydroxyl groups is 1. The highest BCUT2D eigenvalue weighted by atomic mass is 31.2. The van der Waals surface area contributed by atoms with Crippen molar-refractivity contribution in [3.05, 3.63) is 22.3 Å². The molecule has 4 aliphatic rings. The standard InChI is InChI=1S/C32H54NO6P/c1-21(2)13-9-14-22(3)15-10-16-23(4)17-11-18-30(8)31(19-12-20-33)32(38-40(35,37-31)39-32)27-26(7)28(34)24(5)25(6)29(27)36-30/h21-23,34H,9-20,33H2,1-8H3/t22-,23+,30-,31?,32?,40?/m0/s1. The summed E-state index contributed by atoms with van der Waals surface area (Å²) in [6.07, 6.45) is 11.7. The molecule has 1 aromatic carbocycles. The van der Waals surface area contributed by atoms with Gasteiger partial charge in [-0.2, -0.15) is 0 Å². The summed E-state index contributed by atoms with van der Waals surface area (Å²) in [5.74, 6) is 1.65. The van der Waals surface area contributed by atoms with Crippen molar-refractivity contribution in [2.75, 3.05) is 6.54 Å². The van der Waals surface area contributed by atoms with Crippen LogP contribution in [-0.2, 0) is 23.9 Å². The summed E-state index contributed by atoms with van der Waals surface area (Å²) in [4.78, 5) is 0. The summed E-state index contributed by atoms with van der Waals surface area (Å²) >= 11 is 0. The fraction of sp³-hybridized carbons (Fsp3) is 0.812. The van der Waals surface area contributed by atoms with E-state index >= 15 is 0 Å². The molecule has 228 valence electrons. The van der Waals surface area contributed by atoms with Crippen molar-refractivity contribution in [1.29, 1.82) is 0 Å². The van der Waals surface area contributed by atoms with Crippen molar-refractivity contribution in [3.63, 3.8) is 0 Å². The first-order chi connectivity index (χ1) is 18.7. The van der Waals surface area contributed by atoms with Gasteiger partial charge in [0, 0.05) is 5.56 Å². The number of benzene rings is 1. The van der Waals surface area contributed by atoms with Gasteiger partial charge < -0.3 is 15.6 Å². The molecule has 3 N–H and O–H groups in total. The van der Waals surface area contributed by atoms with E-state index in [0.29, 0.717) is 48.6 Å². The number of rotatable bonds is 15. The minimum absolute atomic E-state index is 0.175. The lowest BCUT2D eigenvalue weighted by molar-refractivity contribution is -0.281. The maximum Gasteiger partial charge on any atom is 0.481 e. The van der Waals surface area contributed by atoms with Gasteiger partial charge in [-0.1, -0.05) is 72.6 Å². The van der Waals surface area contributed by atoms with Crippen LogP contribution < -0.4 is 10.5 Å². The number of phosphoric ester groups is 1. The second-order valence-corrected chi connectivity index (χ2v) is 15.1. The van der Waals surface area contributed by atoms with E-state index in [1.807, 2.05) is 20.8 Å². The lowest BCUT2D eigenvalue weighted by Gasteiger charge is -2.55. The van der Waals surface area contributed by atoms with Gasteiger partial charge in [-0.25, -0.2) is 13.6 Å². The molecule has 4 aliphatic heterocycles. The Hall–Kier alpha value is -1.11. The van der Waals surface area contributed by atoms with Crippen LogP contribution in [0.5, 0.6) is 11.5 Å². The van der Waals surface area contributed by atoms with Gasteiger partial charge >= 0.3 is 7.82 Å². The Morgan fingerprint density at radius 1 is 0.800 bits per heavy atom. The highest BCUT2D eigenvalue weighted by Crippen LogP contribution is 2.86. The Morgan fingerprint density at radius 2 is 1.38 bits per heavy atom. The zero-order valence-corrected chi connectivity index (χ0v) is 27.1. The molecule has 5 rings (SSSR count). The summed E-state index contributed by atoms with van der Waals surface area (Å²) in [5.41, 5.74) is 6.81. The molecule has 8 heteroatoms. The number of ether oxygens (including phenoxy) is 1. The molecule has 4 atom stereocenters. The Kier molecular flexibility index (Phi) is 9.45. The van der Waals surface area contributed by atoms with Crippen molar-refractivity contribution in [3.8, 4) is 11.5 Å². The predicted octanol–water partition coefficient (Wildman–Crippen LogP) is 8.72. The quantitative estimate of drug-likeness (QED) is 0.200. The first-order valence-electron chi connectivity index (χ1n) is 15.7. The molecular weight excluding hydrogens is 525 g/mol. The normalized spacial score (nSPS) is 31.9. The van der Waals surface area contributed by atoms with Crippen LogP contribution in [0.4, 0.5) is 0 Å². The molecule has 0 amide bonds. The van der Waals surface area contributed by atoms with Crippen molar-refractivity contribution in [1.82, 2.24) is 0 Å². The molecule has 1 spiro atoms. The minimum atomic E-state index is -3.71. The number of hydrogen-bond donors (Lipinski definition) is 2. The van der Waals surface area contributed by atoms with Crippen LogP contribution >= 0.6 is 7.82 Å². The Bertz CT molecular complexity index is 1110. The van der Waals surface area contributed by atoms with Crippen molar-refractivity contribution in [2.45, 2.75) is 143 Å². The summed E-state index contributed by atoms with van der Waals surface area (Å²) in [6, 6.07) is 0. The predicted molar refractivity (Wildman–Crippen MR) is 160 cm³/mol. The molecule has 7 nitrogen and oxygen atoms in total. The number of phenols is 1. The maximum absolute atomic E-state index is 13.3. The van der Waals surface area contributed by atoms with E-state index in [1.165, 1.54) is 38.5 Å². The highest BCUT2D eigenvalue weighted by Gasteiger charge is 2.86. The van der Waals surface area contributed by atoms with E-state index in [0.717, 1.165) is 35.8 Å². The van der Waals surface area contributed by atoms with Crippen LogP contribution in [0.1, 0.15) is 128 Å². The molecule has 0 aromatic heterocycles. The van der Waals surface area contributed by atoms with Crippen molar-refractivity contribution >= 4 is 7.82 Å². The van der Waals surface area contributed by atoms with Gasteiger partial charge in [0.2, 0.25) is 0 Å². The van der Waals surface area contributed by atoms with Crippen molar-refractivity contribution < 1.29 is 28.0 Å². The minimum Gasteiger partial charge on any atom is -0.507 e. The van der Waals surface area contributed by atoms with E-state index in [-0.39, 0.29) is 5.75 Å². The Labute approximate surface area is 242 Å². The number of phosphoric acid groups is 1. The maximum atomic E-state index is 13.3. The van der Waals surface area contributed by atoms with E-state index in [4.69, 9.17) is 24.0 Å². The summed E-state index contributed by atoms with van der Waals surface area (Å²) in [5, 5.41) is 10.9. The van der Waals surface area contributed by atoms with Crippen molar-refractivity contribution in [2.24, 2.45) is 23.5 Å². The van der Waals surface area contributed by atoms with Gasteiger partial charge in [-0.05, 0) is 88.8 Å². The Balaban J connectivity index is 1.49. The molecule has 40 heavy (non-hydrogen) atoms. The Morgan fingerprint density at radius 3 is 1.95 bits per heavy atom. The number of nitrogens with two attached hydrogens (primary N) is 1. The molecule has 2 bridgehead atoms. The van der Waals surface area contributed by atoms with Crippen LogP contribution in [0.2, 0.25) is 0 Å². The van der Waals surface area contributed by atoms with Gasteiger partial charge in [-0.3, -0.25) is 4.52 Å². The van der Waals surface area contributed by atoms with E-state index < -0.39 is 24.8 Å². The zero-order valence-electron chi connectivity index (χ0n) is 26.2. The lowest BCUT2D eigenvalue weighted by atomic mass is 9.66. The van der Waals surface area contributed by atoms with Crippen LogP contribution in [0.25, 0.3) is 0 Å². The largest absolute Gasteiger partial charge is 0.507 e. The van der Waals surface area contributed by atoms with Crippen LogP contribution in [-0.4, -0.2) is 22.9 Å². The van der Waals surface area contributed by atoms with Crippen LogP contribution in [0.15, 0.2) is 0 Å². The summed E-state index contributed by atoms with van der Waals surface area (Å²) in [6.45, 7) is 17.5. The van der Waals surface area contributed by atoms with E-state index in [9.17, 15) is 9.67 Å². The first kappa shape index (κ1) is 31.8. The fourth-order valence-electron chi connectivity index (χ4n) is 7.28. The van der Waals surface area contributed by atoms with Gasteiger partial charge in [-0.15, -0.1) is 0 Å². The van der Waals surface area contributed by atoms with E-state index in [2.05, 4.69) is 34.6 Å². The molecule has 3 saturated heterocycles. The smallest absolute Gasteiger partial charge is 0.481 e. The third-order valence-corrected chi connectivity index (χ3v) is 11.5. The molecule has 0 saturated carbocycles. The van der Waals surface area contributed by atoms with Gasteiger partial charge in [0.25, 0.3) is 5.79 Å². The first-order valence-corrected chi connectivity index (χ1v) is 17.2. The van der Waals surface area contributed by atoms with Gasteiger partial charge in [0.05, 0.1) is 5.56 Å². The SMILES string of the molecule is Cc1c(C)c2c(c(C)c1O)C13OP(=O)(O1)OC3(CCCN)[C@](C)(CCC[C@H](C)CCC[C@@H](C)CCCC(C)C)O2. The molecule has 4 heterocycles.